The number of hydrogen-bond donors (Lipinski definition) is 4. The Kier molecular flexibility index (Phi) is 18.0. The Balaban J connectivity index is 0.000000191. The summed E-state index contributed by atoms with van der Waals surface area (Å²) in [5.74, 6) is -5.29. The van der Waals surface area contributed by atoms with Gasteiger partial charge in [0.25, 0.3) is 11.8 Å². The summed E-state index contributed by atoms with van der Waals surface area (Å²) in [4.78, 5) is 90.1. The predicted molar refractivity (Wildman–Crippen MR) is 312 cm³/mol. The smallest absolute Gasteiger partial charge is 0.325 e. The van der Waals surface area contributed by atoms with E-state index in [0.717, 1.165) is 100 Å². The Morgan fingerprint density at radius 2 is 1.66 bits per heavy atom. The van der Waals surface area contributed by atoms with Gasteiger partial charge in [-0.05, 0) is 75.1 Å². The lowest BCUT2D eigenvalue weighted by Gasteiger charge is -2.57. The Labute approximate surface area is 496 Å². The van der Waals surface area contributed by atoms with Gasteiger partial charge in [-0.2, -0.15) is 20.4 Å². The third-order valence-electron chi connectivity index (χ3n) is 18.3. The van der Waals surface area contributed by atoms with Gasteiger partial charge in [-0.1, -0.05) is 51.7 Å². The highest BCUT2D eigenvalue weighted by molar-refractivity contribution is 6.04. The predicted octanol–water partition coefficient (Wildman–Crippen LogP) is 6.85. The summed E-state index contributed by atoms with van der Waals surface area (Å²) in [7, 11) is 4.53. The lowest BCUT2D eigenvalue weighted by atomic mass is 9.57. The molecule has 3 aliphatic carbocycles. The van der Waals surface area contributed by atoms with Gasteiger partial charge in [-0.3, -0.25) is 52.7 Å². The average Bonchev–Trinajstić information content (AvgIpc) is 1.50. The molecule has 2 saturated carbocycles. The van der Waals surface area contributed by atoms with Crippen LogP contribution >= 0.6 is 0 Å². The SMILES string of the molecule is CCCC(=O)NCCCCCCCCC(=O)N1CCC(n2cc(NC(=O)c3n[nH]c4c3CC3C(F)(F)C3(C)C4)cn2)CC1.COC(=O)CNC(=O)CN(C)C(=O)Cn1nc(C2CC3(C2)CN(C=O)C3)c2c(-c3cc4c(cnn4C)cc3F)cccc21. The van der Waals surface area contributed by atoms with E-state index in [1.807, 2.05) is 34.7 Å². The molecule has 4 aromatic heterocycles. The number of carbonyl (C=O) groups excluding carboxylic acids is 7. The normalized spacial score (nSPS) is 19.8. The Bertz CT molecular complexity index is 3510. The van der Waals surface area contributed by atoms with Gasteiger partial charge in [0.1, 0.15) is 18.9 Å². The maximum absolute atomic E-state index is 15.6. The zero-order valence-corrected chi connectivity index (χ0v) is 49.6. The second kappa shape index (κ2) is 25.5. The fourth-order valence-electron chi connectivity index (χ4n) is 13.2. The number of aromatic nitrogens is 8. The van der Waals surface area contributed by atoms with Gasteiger partial charge in [0.05, 0.1) is 54.5 Å². The van der Waals surface area contributed by atoms with Crippen molar-refractivity contribution >= 4 is 69.4 Å². The fourth-order valence-corrected chi connectivity index (χ4v) is 13.2. The minimum atomic E-state index is -2.71. The first-order valence-electron chi connectivity index (χ1n) is 30.0. The van der Waals surface area contributed by atoms with Gasteiger partial charge in [-0.15, -0.1) is 0 Å². The molecule has 86 heavy (non-hydrogen) atoms. The number of likely N-dealkylation sites (N-methyl/N-ethyl adjacent to an activating group) is 1. The van der Waals surface area contributed by atoms with Gasteiger partial charge in [0.2, 0.25) is 30.0 Å². The summed E-state index contributed by atoms with van der Waals surface area (Å²) in [5, 5.41) is 30.2. The van der Waals surface area contributed by atoms with Crippen molar-refractivity contribution in [3.8, 4) is 11.1 Å². The maximum atomic E-state index is 15.6. The van der Waals surface area contributed by atoms with E-state index in [0.29, 0.717) is 78.0 Å². The van der Waals surface area contributed by atoms with E-state index >= 15 is 4.39 Å². The van der Waals surface area contributed by atoms with Gasteiger partial charge in [0.15, 0.2) is 5.69 Å². The van der Waals surface area contributed by atoms with E-state index in [2.05, 4.69) is 41.1 Å². The van der Waals surface area contributed by atoms with Crippen molar-refractivity contribution in [1.82, 2.24) is 64.9 Å². The minimum absolute atomic E-state index is 0.0725. The summed E-state index contributed by atoms with van der Waals surface area (Å²) in [6.07, 6.45) is 17.8. The van der Waals surface area contributed by atoms with Crippen LogP contribution in [0.3, 0.4) is 0 Å². The molecule has 22 nitrogen and oxygen atoms in total. The van der Waals surface area contributed by atoms with Gasteiger partial charge in [0, 0.05) is 123 Å². The van der Waals surface area contributed by atoms with Crippen molar-refractivity contribution < 1.29 is 51.5 Å². The molecule has 5 aliphatic rings. The molecule has 11 rings (SSSR count). The highest BCUT2D eigenvalue weighted by atomic mass is 19.3. The first-order chi connectivity index (χ1) is 41.2. The van der Waals surface area contributed by atoms with E-state index in [1.165, 1.54) is 25.1 Å². The number of carbonyl (C=O) groups is 7. The number of nitrogens with zero attached hydrogens (tertiary/aromatic N) is 10. The Hall–Kier alpha value is -8.12. The Morgan fingerprint density at radius 1 is 0.919 bits per heavy atom. The van der Waals surface area contributed by atoms with Crippen molar-refractivity contribution in [3.05, 3.63) is 77.4 Å². The third kappa shape index (κ3) is 12.7. The topological polar surface area (TPSA) is 257 Å². The van der Waals surface area contributed by atoms with Crippen LogP contribution in [0.2, 0.25) is 0 Å². The van der Waals surface area contributed by atoms with Crippen molar-refractivity contribution in [1.29, 1.82) is 0 Å². The summed E-state index contributed by atoms with van der Waals surface area (Å²) in [6.45, 7) is 6.46. The fraction of sp³-hybridized carbons (Fsp3) is 0.557. The summed E-state index contributed by atoms with van der Waals surface area (Å²) in [6, 6.07) is 8.94. The van der Waals surface area contributed by atoms with Crippen LogP contribution in [0.15, 0.2) is 48.9 Å². The molecule has 0 radical (unpaired) electrons. The Morgan fingerprint density at radius 3 is 2.40 bits per heavy atom. The number of nitrogens with one attached hydrogen (secondary N) is 4. The summed E-state index contributed by atoms with van der Waals surface area (Å²) < 4.78 is 53.7. The molecule has 460 valence electrons. The molecule has 6 amide bonds. The van der Waals surface area contributed by atoms with Crippen LogP contribution in [0.1, 0.15) is 137 Å². The number of unbranched alkanes of at least 4 members (excludes halogenated alkanes) is 5. The molecule has 1 spiro atoms. The van der Waals surface area contributed by atoms with E-state index in [-0.39, 0.29) is 79.1 Å². The molecular formula is C61H77F3N14O8. The van der Waals surface area contributed by atoms with Crippen LogP contribution in [0, 0.1) is 22.6 Å². The lowest BCUT2D eigenvalue weighted by Crippen LogP contribution is -2.61. The van der Waals surface area contributed by atoms with Crippen molar-refractivity contribution in [2.24, 2.45) is 23.8 Å². The average molecular weight is 1190 g/mol. The zero-order valence-electron chi connectivity index (χ0n) is 49.6. The monoisotopic (exact) mass is 1190 g/mol. The lowest BCUT2D eigenvalue weighted by molar-refractivity contribution is -0.141. The van der Waals surface area contributed by atoms with E-state index in [1.54, 1.807) is 52.9 Å². The highest BCUT2D eigenvalue weighted by Gasteiger charge is 2.78. The second-order valence-electron chi connectivity index (χ2n) is 24.4. The molecule has 2 saturated heterocycles. The standard InChI is InChI=1S/C31H45F2N7O3.C30H32FN7O5/c1-3-10-26(41)34-14-9-7-5-4-6-8-11-27(42)39-15-12-22(13-16-39)40-20-21(19-35-40)36-29(43)28-23-17-25-30(2,31(25,32)33)18-24(23)37-38-28;1-35(13-25(40)32-12-27(42)43-3)26(41)14-38-23-6-4-5-20(21-8-24-18(7-22(21)31)11-33-36(24)2)28(23)29(34-38)19-9-30(10-19)15-37(16-30)17-39/h19-20,22,25H,3-18H2,1-2H3,(H,34,41)(H,36,43)(H,37,38);4-8,11,17,19H,9-10,12-16H2,1-3H3,(H,32,40). The molecular weight excluding hydrogens is 1110 g/mol. The zero-order chi connectivity index (χ0) is 61.1. The molecule has 6 aromatic rings. The number of rotatable bonds is 23. The molecule has 4 fully saturated rings. The molecule has 2 aliphatic heterocycles. The number of H-pyrrole nitrogens is 1. The molecule has 2 aromatic carbocycles. The van der Waals surface area contributed by atoms with E-state index in [4.69, 9.17) is 5.10 Å². The van der Waals surface area contributed by atoms with Crippen LogP contribution in [0.4, 0.5) is 18.9 Å². The summed E-state index contributed by atoms with van der Waals surface area (Å²) in [5.41, 5.74) is 4.28. The number of anilines is 1. The quantitative estimate of drug-likeness (QED) is 0.0292. The van der Waals surface area contributed by atoms with Crippen LogP contribution in [0.25, 0.3) is 32.9 Å². The third-order valence-corrected chi connectivity index (χ3v) is 18.3. The van der Waals surface area contributed by atoms with Crippen LogP contribution < -0.4 is 16.0 Å². The van der Waals surface area contributed by atoms with Gasteiger partial charge in [-0.25, -0.2) is 13.2 Å². The number of aryl methyl sites for hydroxylation is 1. The number of aromatic amines is 1. The number of ether oxygens (including phenoxy) is 1. The van der Waals surface area contributed by atoms with Crippen molar-refractivity contribution in [2.45, 2.75) is 135 Å². The van der Waals surface area contributed by atoms with Crippen LogP contribution in [-0.2, 0) is 59.9 Å². The molecule has 25 heteroatoms. The minimum Gasteiger partial charge on any atom is -0.468 e. The number of benzene rings is 2. The number of esters is 1. The van der Waals surface area contributed by atoms with Gasteiger partial charge < -0.3 is 35.4 Å². The first kappa shape index (κ1) is 61.0. The van der Waals surface area contributed by atoms with E-state index < -0.39 is 35.0 Å². The van der Waals surface area contributed by atoms with Crippen LogP contribution in [-0.4, -0.2) is 162 Å². The number of fused-ring (bicyclic) bond motifs is 4. The number of alkyl halides is 2. The first-order valence-corrected chi connectivity index (χ1v) is 30.0. The number of likely N-dealkylation sites (tertiary alicyclic amines) is 2. The number of halogens is 3. The number of amides is 6. The number of piperidine rings is 1. The largest absolute Gasteiger partial charge is 0.468 e. The van der Waals surface area contributed by atoms with E-state index in [9.17, 15) is 42.3 Å². The highest BCUT2D eigenvalue weighted by Crippen LogP contribution is 2.70. The molecule has 2 unspecified atom stereocenters. The van der Waals surface area contributed by atoms with Crippen molar-refractivity contribution in [3.63, 3.8) is 0 Å². The maximum Gasteiger partial charge on any atom is 0.325 e. The molecule has 0 bridgehead atoms. The molecule has 6 heterocycles. The second-order valence-corrected chi connectivity index (χ2v) is 24.4. The number of methoxy groups -OCH3 is 1. The molecule has 2 atom stereocenters. The van der Waals surface area contributed by atoms with Crippen molar-refractivity contribution in [2.75, 3.05) is 65.3 Å². The van der Waals surface area contributed by atoms with Gasteiger partial charge >= 0.3 is 5.97 Å². The summed E-state index contributed by atoms with van der Waals surface area (Å²) >= 11 is 0. The number of hydrogen-bond acceptors (Lipinski definition) is 12. The molecule has 4 N–H and O–H groups in total. The van der Waals surface area contributed by atoms with Crippen LogP contribution in [0.5, 0.6) is 0 Å².